The summed E-state index contributed by atoms with van der Waals surface area (Å²) in [5.74, 6) is 2.17. The van der Waals surface area contributed by atoms with Crippen molar-refractivity contribution < 1.29 is 0 Å². The minimum Gasteiger partial charge on any atom is -0.356 e. The van der Waals surface area contributed by atoms with Crippen LogP contribution in [0.2, 0.25) is 5.15 Å². The summed E-state index contributed by atoms with van der Waals surface area (Å²) < 4.78 is 0. The fourth-order valence-corrected chi connectivity index (χ4v) is 3.09. The van der Waals surface area contributed by atoms with Gasteiger partial charge in [-0.05, 0) is 24.7 Å². The van der Waals surface area contributed by atoms with E-state index in [9.17, 15) is 0 Å². The zero-order valence-corrected chi connectivity index (χ0v) is 9.77. The number of piperidine rings is 1. The SMILES string of the molecule is NC1[C@@H]2CC[C@H]1CN(c1cc(Cl)ncn1)C2. The molecule has 2 N–H and O–H groups in total. The molecule has 1 aromatic rings. The molecule has 2 bridgehead atoms. The predicted molar refractivity (Wildman–Crippen MR) is 63.4 cm³/mol. The van der Waals surface area contributed by atoms with Crippen LogP contribution in [0.3, 0.4) is 0 Å². The van der Waals surface area contributed by atoms with Gasteiger partial charge in [-0.3, -0.25) is 0 Å². The lowest BCUT2D eigenvalue weighted by Gasteiger charge is -2.36. The highest BCUT2D eigenvalue weighted by molar-refractivity contribution is 6.29. The van der Waals surface area contributed by atoms with Crippen LogP contribution in [0.4, 0.5) is 5.82 Å². The lowest BCUT2D eigenvalue weighted by molar-refractivity contribution is 0.355. The minimum absolute atomic E-state index is 0.383. The lowest BCUT2D eigenvalue weighted by Crippen LogP contribution is -2.49. The molecule has 1 saturated heterocycles. The van der Waals surface area contributed by atoms with Gasteiger partial charge in [-0.1, -0.05) is 11.6 Å². The Kier molecular flexibility index (Phi) is 2.48. The summed E-state index contributed by atoms with van der Waals surface area (Å²) in [7, 11) is 0. The third kappa shape index (κ3) is 1.66. The van der Waals surface area contributed by atoms with Crippen molar-refractivity contribution in [2.45, 2.75) is 18.9 Å². The van der Waals surface area contributed by atoms with Crippen molar-refractivity contribution in [2.75, 3.05) is 18.0 Å². The molecule has 2 heterocycles. The van der Waals surface area contributed by atoms with Gasteiger partial charge in [0.25, 0.3) is 0 Å². The van der Waals surface area contributed by atoms with Gasteiger partial charge in [-0.15, -0.1) is 0 Å². The van der Waals surface area contributed by atoms with E-state index in [1.807, 2.05) is 6.07 Å². The topological polar surface area (TPSA) is 55.0 Å². The monoisotopic (exact) mass is 238 g/mol. The van der Waals surface area contributed by atoms with Crippen LogP contribution in [0.15, 0.2) is 12.4 Å². The molecule has 0 radical (unpaired) electrons. The Hall–Kier alpha value is -0.870. The first-order valence-electron chi connectivity index (χ1n) is 5.72. The first kappa shape index (κ1) is 10.3. The molecule has 5 heteroatoms. The van der Waals surface area contributed by atoms with E-state index in [4.69, 9.17) is 17.3 Å². The standard InChI is InChI=1S/C11H15ClN4/c12-9-3-10(15-6-14-9)16-4-7-1-2-8(5-16)11(7)13/h3,6-8,11H,1-2,4-5,13H2/t7-,8+,11?. The summed E-state index contributed by atoms with van der Waals surface area (Å²) in [6.07, 6.45) is 4.02. The highest BCUT2D eigenvalue weighted by atomic mass is 35.5. The molecular formula is C11H15ClN4. The van der Waals surface area contributed by atoms with Gasteiger partial charge in [0.05, 0.1) is 0 Å². The average Bonchev–Trinajstić information content (AvgIpc) is 2.53. The zero-order valence-electron chi connectivity index (χ0n) is 9.01. The summed E-state index contributed by atoms with van der Waals surface area (Å²) in [6, 6.07) is 2.21. The minimum atomic E-state index is 0.383. The fraction of sp³-hybridized carbons (Fsp3) is 0.636. The van der Waals surface area contributed by atoms with E-state index in [1.54, 1.807) is 0 Å². The van der Waals surface area contributed by atoms with E-state index in [2.05, 4.69) is 14.9 Å². The van der Waals surface area contributed by atoms with Gasteiger partial charge in [-0.25, -0.2) is 9.97 Å². The molecule has 0 spiro atoms. The zero-order chi connectivity index (χ0) is 11.1. The summed E-state index contributed by atoms with van der Waals surface area (Å²) in [5, 5.41) is 0.507. The number of aromatic nitrogens is 2. The molecule has 1 aromatic heterocycles. The number of nitrogens with zero attached hydrogens (tertiary/aromatic N) is 3. The highest BCUT2D eigenvalue weighted by Gasteiger charge is 2.40. The molecule has 0 amide bonds. The van der Waals surface area contributed by atoms with E-state index < -0.39 is 0 Å². The van der Waals surface area contributed by atoms with Gasteiger partial charge in [0.2, 0.25) is 0 Å². The maximum atomic E-state index is 6.17. The van der Waals surface area contributed by atoms with Crippen molar-refractivity contribution in [2.24, 2.45) is 17.6 Å². The summed E-state index contributed by atoms with van der Waals surface area (Å²) in [4.78, 5) is 10.5. The van der Waals surface area contributed by atoms with Crippen LogP contribution < -0.4 is 10.6 Å². The van der Waals surface area contributed by atoms with Crippen molar-refractivity contribution >= 4 is 17.4 Å². The molecule has 0 aromatic carbocycles. The molecular weight excluding hydrogens is 224 g/mol. The van der Waals surface area contributed by atoms with Crippen molar-refractivity contribution in [1.82, 2.24) is 9.97 Å². The average molecular weight is 239 g/mol. The molecule has 86 valence electrons. The third-order valence-electron chi connectivity index (χ3n) is 3.85. The summed E-state index contributed by atoms with van der Waals surface area (Å²) in [5.41, 5.74) is 6.17. The van der Waals surface area contributed by atoms with E-state index in [0.717, 1.165) is 18.9 Å². The molecule has 16 heavy (non-hydrogen) atoms. The molecule has 2 fully saturated rings. The third-order valence-corrected chi connectivity index (χ3v) is 4.06. The Bertz CT molecular complexity index is 383. The Morgan fingerprint density at radius 1 is 1.25 bits per heavy atom. The molecule has 2 aliphatic rings. The van der Waals surface area contributed by atoms with Gasteiger partial charge < -0.3 is 10.6 Å². The smallest absolute Gasteiger partial charge is 0.134 e. The quantitative estimate of drug-likeness (QED) is 0.750. The van der Waals surface area contributed by atoms with Gasteiger partial charge in [0.15, 0.2) is 0 Å². The number of hydrogen-bond acceptors (Lipinski definition) is 4. The van der Waals surface area contributed by atoms with Crippen LogP contribution >= 0.6 is 11.6 Å². The van der Waals surface area contributed by atoms with Gasteiger partial charge in [0.1, 0.15) is 17.3 Å². The highest BCUT2D eigenvalue weighted by Crippen LogP contribution is 2.37. The normalized spacial score (nSPS) is 33.1. The largest absolute Gasteiger partial charge is 0.356 e. The molecule has 4 nitrogen and oxygen atoms in total. The Balaban J connectivity index is 1.83. The van der Waals surface area contributed by atoms with Crippen LogP contribution in [-0.2, 0) is 0 Å². The van der Waals surface area contributed by atoms with Crippen LogP contribution in [0.5, 0.6) is 0 Å². The van der Waals surface area contributed by atoms with E-state index in [-0.39, 0.29) is 0 Å². The van der Waals surface area contributed by atoms with Crippen molar-refractivity contribution in [3.8, 4) is 0 Å². The van der Waals surface area contributed by atoms with E-state index >= 15 is 0 Å². The molecule has 1 unspecified atom stereocenters. The van der Waals surface area contributed by atoms with Crippen molar-refractivity contribution in [1.29, 1.82) is 0 Å². The Morgan fingerprint density at radius 3 is 2.56 bits per heavy atom. The van der Waals surface area contributed by atoms with Gasteiger partial charge in [0, 0.05) is 25.2 Å². The van der Waals surface area contributed by atoms with Crippen LogP contribution in [-0.4, -0.2) is 29.1 Å². The maximum Gasteiger partial charge on any atom is 0.134 e. The van der Waals surface area contributed by atoms with Crippen molar-refractivity contribution in [3.63, 3.8) is 0 Å². The number of nitrogens with two attached hydrogens (primary N) is 1. The first-order chi connectivity index (χ1) is 7.74. The lowest BCUT2D eigenvalue weighted by atomic mass is 9.93. The molecule has 1 saturated carbocycles. The molecule has 1 aliphatic heterocycles. The second kappa shape index (κ2) is 3.86. The van der Waals surface area contributed by atoms with E-state index in [0.29, 0.717) is 23.0 Å². The van der Waals surface area contributed by atoms with Crippen molar-refractivity contribution in [3.05, 3.63) is 17.5 Å². The molecule has 3 atom stereocenters. The summed E-state index contributed by atoms with van der Waals surface area (Å²) in [6.45, 7) is 2.01. The Morgan fingerprint density at radius 2 is 1.94 bits per heavy atom. The molecule has 3 rings (SSSR count). The van der Waals surface area contributed by atoms with Gasteiger partial charge in [-0.2, -0.15) is 0 Å². The van der Waals surface area contributed by atoms with Crippen LogP contribution in [0.25, 0.3) is 0 Å². The molecule has 1 aliphatic carbocycles. The predicted octanol–water partition coefficient (Wildman–Crippen LogP) is 1.30. The second-order valence-corrected chi connectivity index (χ2v) is 5.17. The number of rotatable bonds is 1. The number of fused-ring (bicyclic) bond motifs is 2. The number of anilines is 1. The van der Waals surface area contributed by atoms with E-state index in [1.165, 1.54) is 19.2 Å². The summed E-state index contributed by atoms with van der Waals surface area (Å²) >= 11 is 5.88. The van der Waals surface area contributed by atoms with Crippen LogP contribution in [0, 0.1) is 11.8 Å². The Labute approximate surface area is 99.8 Å². The fourth-order valence-electron chi connectivity index (χ4n) is 2.95. The number of hydrogen-bond donors (Lipinski definition) is 1. The number of halogens is 1. The first-order valence-corrected chi connectivity index (χ1v) is 6.10. The van der Waals surface area contributed by atoms with Gasteiger partial charge >= 0.3 is 0 Å². The maximum absolute atomic E-state index is 6.17. The second-order valence-electron chi connectivity index (χ2n) is 4.78. The van der Waals surface area contributed by atoms with Crippen LogP contribution in [0.1, 0.15) is 12.8 Å².